The monoisotopic (exact) mass is 331 g/mol. The van der Waals surface area contributed by atoms with Crippen LogP contribution in [0.15, 0.2) is 15.9 Å². The van der Waals surface area contributed by atoms with Crippen molar-refractivity contribution in [3.63, 3.8) is 0 Å². The smallest absolute Gasteiger partial charge is 0.306 e. The summed E-state index contributed by atoms with van der Waals surface area (Å²) in [5.41, 5.74) is 0. The summed E-state index contributed by atoms with van der Waals surface area (Å²) in [4.78, 5) is 23.8. The number of carbonyl (C=O) groups excluding carboxylic acids is 1. The molecule has 6 heteroatoms. The third-order valence-corrected chi connectivity index (χ3v) is 4.84. The summed E-state index contributed by atoms with van der Waals surface area (Å²) in [6.07, 6.45) is 1.75. The van der Waals surface area contributed by atoms with E-state index in [1.165, 1.54) is 0 Å². The van der Waals surface area contributed by atoms with E-state index in [1.54, 1.807) is 11.3 Å². The van der Waals surface area contributed by atoms with E-state index in [1.807, 2.05) is 12.1 Å². The molecule has 1 fully saturated rings. The normalized spacial score (nSPS) is 22.9. The Balaban J connectivity index is 1.80. The zero-order valence-electron chi connectivity index (χ0n) is 9.69. The molecule has 1 saturated carbocycles. The molecule has 98 valence electrons. The van der Waals surface area contributed by atoms with E-state index >= 15 is 0 Å². The Morgan fingerprint density at radius 2 is 2.11 bits per heavy atom. The number of carboxylic acid groups (broad SMARTS) is 1. The molecule has 0 bridgehead atoms. The fourth-order valence-corrected chi connectivity index (χ4v) is 3.63. The maximum absolute atomic E-state index is 11.9. The molecule has 1 heterocycles. The molecule has 0 aromatic carbocycles. The van der Waals surface area contributed by atoms with Gasteiger partial charge in [0.25, 0.3) is 0 Å². The second-order valence-corrected chi connectivity index (χ2v) is 7.02. The third kappa shape index (κ3) is 3.32. The van der Waals surface area contributed by atoms with Crippen LogP contribution in [0.1, 0.15) is 24.1 Å². The second kappa shape index (κ2) is 5.84. The number of halogens is 1. The van der Waals surface area contributed by atoms with E-state index in [2.05, 4.69) is 21.2 Å². The van der Waals surface area contributed by atoms with Crippen molar-refractivity contribution < 1.29 is 14.7 Å². The SMILES string of the molecule is O=C(O)[C@H]1CC[C@@H](C(=O)NCc2ccc(Br)s2)C1. The van der Waals surface area contributed by atoms with Gasteiger partial charge in [0, 0.05) is 10.8 Å². The molecule has 0 saturated heterocycles. The van der Waals surface area contributed by atoms with Crippen molar-refractivity contribution in [1.82, 2.24) is 5.32 Å². The average Bonchev–Trinajstić information content (AvgIpc) is 2.94. The van der Waals surface area contributed by atoms with Gasteiger partial charge in [-0.15, -0.1) is 11.3 Å². The molecule has 2 rings (SSSR count). The Bertz CT molecular complexity index is 460. The summed E-state index contributed by atoms with van der Waals surface area (Å²) in [5.74, 6) is -1.30. The lowest BCUT2D eigenvalue weighted by Gasteiger charge is -2.09. The lowest BCUT2D eigenvalue weighted by atomic mass is 10.0. The number of amides is 1. The lowest BCUT2D eigenvalue weighted by molar-refractivity contribution is -0.141. The number of carbonyl (C=O) groups is 2. The Hall–Kier alpha value is -0.880. The quantitative estimate of drug-likeness (QED) is 0.891. The van der Waals surface area contributed by atoms with Crippen LogP contribution >= 0.6 is 27.3 Å². The van der Waals surface area contributed by atoms with Crippen LogP contribution in [0, 0.1) is 11.8 Å². The Kier molecular flexibility index (Phi) is 4.40. The van der Waals surface area contributed by atoms with Crippen molar-refractivity contribution in [1.29, 1.82) is 0 Å². The number of carboxylic acids is 1. The number of hydrogen-bond acceptors (Lipinski definition) is 3. The van der Waals surface area contributed by atoms with Gasteiger partial charge >= 0.3 is 5.97 Å². The van der Waals surface area contributed by atoms with Gasteiger partial charge in [0.2, 0.25) is 5.91 Å². The van der Waals surface area contributed by atoms with Crippen molar-refractivity contribution in [2.45, 2.75) is 25.8 Å². The van der Waals surface area contributed by atoms with Gasteiger partial charge in [0.15, 0.2) is 0 Å². The van der Waals surface area contributed by atoms with Crippen LogP contribution in [0.5, 0.6) is 0 Å². The Morgan fingerprint density at radius 1 is 1.39 bits per heavy atom. The highest BCUT2D eigenvalue weighted by molar-refractivity contribution is 9.11. The molecule has 1 aliphatic carbocycles. The Labute approximate surface area is 118 Å². The summed E-state index contributed by atoms with van der Waals surface area (Å²) in [5, 5.41) is 11.8. The molecule has 2 atom stereocenters. The predicted molar refractivity (Wildman–Crippen MR) is 72.3 cm³/mol. The van der Waals surface area contributed by atoms with E-state index in [-0.39, 0.29) is 17.7 Å². The number of nitrogens with one attached hydrogen (secondary N) is 1. The van der Waals surface area contributed by atoms with Crippen LogP contribution in [-0.4, -0.2) is 17.0 Å². The molecule has 0 unspecified atom stereocenters. The van der Waals surface area contributed by atoms with Crippen molar-refractivity contribution >= 4 is 39.1 Å². The number of thiophene rings is 1. The maximum atomic E-state index is 11.9. The predicted octanol–water partition coefficient (Wildman–Crippen LogP) is 2.63. The van der Waals surface area contributed by atoms with E-state index in [0.717, 1.165) is 8.66 Å². The van der Waals surface area contributed by atoms with E-state index in [0.29, 0.717) is 25.8 Å². The van der Waals surface area contributed by atoms with Gasteiger partial charge in [-0.1, -0.05) is 0 Å². The molecular formula is C12H14BrNO3S. The summed E-state index contributed by atoms with van der Waals surface area (Å²) < 4.78 is 1.04. The van der Waals surface area contributed by atoms with Gasteiger partial charge in [0.1, 0.15) is 0 Å². The van der Waals surface area contributed by atoms with Crippen molar-refractivity contribution in [2.75, 3.05) is 0 Å². The average molecular weight is 332 g/mol. The first-order chi connectivity index (χ1) is 8.56. The van der Waals surface area contributed by atoms with Crippen molar-refractivity contribution in [2.24, 2.45) is 11.8 Å². The molecule has 2 N–H and O–H groups in total. The van der Waals surface area contributed by atoms with Crippen LogP contribution in [0.25, 0.3) is 0 Å². The largest absolute Gasteiger partial charge is 0.481 e. The van der Waals surface area contributed by atoms with Crippen LogP contribution in [0.3, 0.4) is 0 Å². The lowest BCUT2D eigenvalue weighted by Crippen LogP contribution is -2.29. The van der Waals surface area contributed by atoms with Crippen molar-refractivity contribution in [3.8, 4) is 0 Å². The summed E-state index contributed by atoms with van der Waals surface area (Å²) >= 11 is 4.96. The molecule has 1 aromatic rings. The topological polar surface area (TPSA) is 66.4 Å². The fourth-order valence-electron chi connectivity index (χ4n) is 2.21. The van der Waals surface area contributed by atoms with Gasteiger partial charge in [0.05, 0.1) is 16.2 Å². The van der Waals surface area contributed by atoms with E-state index in [4.69, 9.17) is 5.11 Å². The highest BCUT2D eigenvalue weighted by Crippen LogP contribution is 2.31. The first-order valence-corrected chi connectivity index (χ1v) is 7.42. The first-order valence-electron chi connectivity index (χ1n) is 5.81. The minimum Gasteiger partial charge on any atom is -0.481 e. The van der Waals surface area contributed by atoms with Gasteiger partial charge in [-0.25, -0.2) is 0 Å². The zero-order chi connectivity index (χ0) is 13.1. The molecule has 18 heavy (non-hydrogen) atoms. The molecule has 0 aliphatic heterocycles. The minimum absolute atomic E-state index is 0.0247. The van der Waals surface area contributed by atoms with Gasteiger partial charge in [-0.2, -0.15) is 0 Å². The summed E-state index contributed by atoms with van der Waals surface area (Å²) in [6.45, 7) is 0.517. The summed E-state index contributed by atoms with van der Waals surface area (Å²) in [6, 6.07) is 3.91. The third-order valence-electron chi connectivity index (χ3n) is 3.22. The molecular weight excluding hydrogens is 318 g/mol. The number of aliphatic carboxylic acids is 1. The van der Waals surface area contributed by atoms with Gasteiger partial charge < -0.3 is 10.4 Å². The maximum Gasteiger partial charge on any atom is 0.306 e. The minimum atomic E-state index is -0.785. The Morgan fingerprint density at radius 3 is 2.67 bits per heavy atom. The van der Waals surface area contributed by atoms with Crippen molar-refractivity contribution in [3.05, 3.63) is 20.8 Å². The van der Waals surface area contributed by atoms with Crippen LogP contribution < -0.4 is 5.32 Å². The molecule has 0 radical (unpaired) electrons. The second-order valence-electron chi connectivity index (χ2n) is 4.47. The molecule has 1 amide bonds. The van der Waals surface area contributed by atoms with Gasteiger partial charge in [-0.05, 0) is 47.3 Å². The van der Waals surface area contributed by atoms with E-state index in [9.17, 15) is 9.59 Å². The van der Waals surface area contributed by atoms with Crippen LogP contribution in [-0.2, 0) is 16.1 Å². The highest BCUT2D eigenvalue weighted by atomic mass is 79.9. The number of rotatable bonds is 4. The van der Waals surface area contributed by atoms with Crippen LogP contribution in [0.4, 0.5) is 0 Å². The fraction of sp³-hybridized carbons (Fsp3) is 0.500. The summed E-state index contributed by atoms with van der Waals surface area (Å²) in [7, 11) is 0. The standard InChI is InChI=1S/C12H14BrNO3S/c13-10-4-3-9(18-10)6-14-11(15)7-1-2-8(5-7)12(16)17/h3-4,7-8H,1-2,5-6H2,(H,14,15)(H,16,17)/t7-,8+/m1/s1. The molecule has 1 aliphatic rings. The first kappa shape index (κ1) is 13.5. The van der Waals surface area contributed by atoms with Gasteiger partial charge in [-0.3, -0.25) is 9.59 Å². The molecule has 1 aromatic heterocycles. The van der Waals surface area contributed by atoms with E-state index < -0.39 is 5.97 Å². The molecule has 0 spiro atoms. The zero-order valence-corrected chi connectivity index (χ0v) is 12.1. The van der Waals surface area contributed by atoms with Crippen LogP contribution in [0.2, 0.25) is 0 Å². The highest BCUT2D eigenvalue weighted by Gasteiger charge is 2.33. The number of hydrogen-bond donors (Lipinski definition) is 2. The molecule has 4 nitrogen and oxygen atoms in total.